The molecule has 5 nitrogen and oxygen atoms in total. The monoisotopic (exact) mass is 313 g/mol. The molecule has 0 heterocycles. The van der Waals surface area contributed by atoms with Crippen LogP contribution in [0.5, 0.6) is 0 Å². The van der Waals surface area contributed by atoms with Gasteiger partial charge >= 0.3 is 0 Å². The standard InChI is InChI=1S/C16H11NO4S/c17-13-14(18)11-8-4-5-9-12(11)15(19)16(13)22(20,21)10-6-2-1-3-7-10/h1-9H,17H2. The quantitative estimate of drug-likeness (QED) is 0.910. The van der Waals surface area contributed by atoms with Crippen molar-refractivity contribution in [1.29, 1.82) is 0 Å². The molecular formula is C16H11NO4S. The highest BCUT2D eigenvalue weighted by Crippen LogP contribution is 2.30. The molecule has 0 spiro atoms. The molecule has 0 aliphatic heterocycles. The Morgan fingerprint density at radius 1 is 0.727 bits per heavy atom. The lowest BCUT2D eigenvalue weighted by molar-refractivity contribution is 0.0979. The van der Waals surface area contributed by atoms with E-state index < -0.39 is 32.0 Å². The van der Waals surface area contributed by atoms with Crippen LogP contribution in [0.1, 0.15) is 20.7 Å². The molecule has 3 rings (SSSR count). The molecule has 1 aliphatic rings. The minimum absolute atomic E-state index is 0.0520. The van der Waals surface area contributed by atoms with Crippen molar-refractivity contribution < 1.29 is 18.0 Å². The van der Waals surface area contributed by atoms with E-state index in [-0.39, 0.29) is 16.0 Å². The lowest BCUT2D eigenvalue weighted by atomic mass is 9.93. The van der Waals surface area contributed by atoms with Gasteiger partial charge in [0.2, 0.25) is 21.4 Å². The molecule has 0 bridgehead atoms. The van der Waals surface area contributed by atoms with Crippen LogP contribution in [0.2, 0.25) is 0 Å². The zero-order chi connectivity index (χ0) is 15.9. The van der Waals surface area contributed by atoms with E-state index >= 15 is 0 Å². The maximum Gasteiger partial charge on any atom is 0.212 e. The molecule has 22 heavy (non-hydrogen) atoms. The van der Waals surface area contributed by atoms with Crippen molar-refractivity contribution in [2.24, 2.45) is 5.73 Å². The second kappa shape index (κ2) is 4.92. The molecule has 6 heteroatoms. The molecule has 0 radical (unpaired) electrons. The number of carbonyl (C=O) groups is 2. The molecule has 0 saturated carbocycles. The molecule has 2 N–H and O–H groups in total. The Morgan fingerprint density at radius 2 is 1.23 bits per heavy atom. The van der Waals surface area contributed by atoms with Gasteiger partial charge < -0.3 is 5.73 Å². The molecule has 2 aromatic rings. The van der Waals surface area contributed by atoms with Gasteiger partial charge in [-0.05, 0) is 12.1 Å². The van der Waals surface area contributed by atoms with E-state index in [9.17, 15) is 18.0 Å². The highest BCUT2D eigenvalue weighted by atomic mass is 32.2. The minimum atomic E-state index is -4.15. The Morgan fingerprint density at radius 3 is 1.82 bits per heavy atom. The summed E-state index contributed by atoms with van der Waals surface area (Å²) < 4.78 is 25.3. The van der Waals surface area contributed by atoms with Crippen molar-refractivity contribution in [1.82, 2.24) is 0 Å². The largest absolute Gasteiger partial charge is 0.394 e. The summed E-state index contributed by atoms with van der Waals surface area (Å²) in [4.78, 5) is 24.0. The van der Waals surface area contributed by atoms with E-state index in [1.807, 2.05) is 0 Å². The number of hydrogen-bond acceptors (Lipinski definition) is 5. The highest BCUT2D eigenvalue weighted by Gasteiger charge is 2.38. The first-order valence-electron chi connectivity index (χ1n) is 6.43. The average Bonchev–Trinajstić information content (AvgIpc) is 2.53. The summed E-state index contributed by atoms with van der Waals surface area (Å²) in [6, 6.07) is 13.5. The van der Waals surface area contributed by atoms with Gasteiger partial charge in [-0.1, -0.05) is 42.5 Å². The van der Waals surface area contributed by atoms with Crippen LogP contribution in [-0.4, -0.2) is 20.0 Å². The van der Waals surface area contributed by atoms with Crippen LogP contribution >= 0.6 is 0 Å². The number of nitrogens with two attached hydrogens (primary N) is 1. The van der Waals surface area contributed by atoms with Gasteiger partial charge in [0.25, 0.3) is 0 Å². The van der Waals surface area contributed by atoms with Gasteiger partial charge in [-0.3, -0.25) is 9.59 Å². The van der Waals surface area contributed by atoms with E-state index in [1.165, 1.54) is 36.4 Å². The van der Waals surface area contributed by atoms with E-state index in [0.29, 0.717) is 0 Å². The van der Waals surface area contributed by atoms with Crippen LogP contribution in [0.15, 0.2) is 70.1 Å². The maximum atomic E-state index is 12.7. The SMILES string of the molecule is NC1=C(S(=O)(=O)c2ccccc2)C(=O)c2ccccc2C1=O. The predicted molar refractivity (Wildman–Crippen MR) is 79.9 cm³/mol. The molecule has 0 saturated heterocycles. The van der Waals surface area contributed by atoms with Gasteiger partial charge in [-0.25, -0.2) is 8.42 Å². The second-order valence-corrected chi connectivity index (χ2v) is 6.65. The van der Waals surface area contributed by atoms with Gasteiger partial charge in [0.1, 0.15) is 10.6 Å². The molecule has 110 valence electrons. The molecule has 1 aliphatic carbocycles. The molecular weight excluding hydrogens is 302 g/mol. The second-order valence-electron chi connectivity index (χ2n) is 4.76. The number of allylic oxidation sites excluding steroid dienone is 2. The van der Waals surface area contributed by atoms with E-state index in [4.69, 9.17) is 5.73 Å². The zero-order valence-corrected chi connectivity index (χ0v) is 12.1. The highest BCUT2D eigenvalue weighted by molar-refractivity contribution is 7.96. The number of ketones is 2. The van der Waals surface area contributed by atoms with Crippen molar-refractivity contribution in [3.05, 3.63) is 76.3 Å². The first kappa shape index (κ1) is 14.2. The Bertz CT molecular complexity index is 928. The Labute approximate surface area is 127 Å². The predicted octanol–water partition coefficient (Wildman–Crippen LogP) is 1.71. The van der Waals surface area contributed by atoms with E-state index in [0.717, 1.165) is 0 Å². The first-order valence-corrected chi connectivity index (χ1v) is 7.91. The Hall–Kier alpha value is -2.73. The fraction of sp³-hybridized carbons (Fsp3) is 0. The summed E-state index contributed by atoms with van der Waals surface area (Å²) in [6.45, 7) is 0. The molecule has 0 amide bonds. The third-order valence-electron chi connectivity index (χ3n) is 3.43. The Balaban J connectivity index is 2.26. The number of benzene rings is 2. The molecule has 2 aromatic carbocycles. The Kier molecular flexibility index (Phi) is 3.18. The molecule has 0 aromatic heterocycles. The fourth-order valence-corrected chi connectivity index (χ4v) is 3.84. The number of carbonyl (C=O) groups excluding carboxylic acids is 2. The topological polar surface area (TPSA) is 94.3 Å². The number of fused-ring (bicyclic) bond motifs is 1. The summed E-state index contributed by atoms with van der Waals surface area (Å²) in [5.41, 5.74) is 5.32. The number of hydrogen-bond donors (Lipinski definition) is 1. The van der Waals surface area contributed by atoms with Crippen LogP contribution in [0.3, 0.4) is 0 Å². The summed E-state index contributed by atoms with van der Waals surface area (Å²) in [5.74, 6) is -1.40. The van der Waals surface area contributed by atoms with Crippen LogP contribution in [0, 0.1) is 0 Å². The van der Waals surface area contributed by atoms with Crippen molar-refractivity contribution >= 4 is 21.4 Å². The maximum absolute atomic E-state index is 12.7. The summed E-state index contributed by atoms with van der Waals surface area (Å²) in [6.07, 6.45) is 0. The van der Waals surface area contributed by atoms with Gasteiger partial charge in [0.15, 0.2) is 0 Å². The van der Waals surface area contributed by atoms with Crippen LogP contribution in [-0.2, 0) is 9.84 Å². The van der Waals surface area contributed by atoms with Crippen LogP contribution in [0.4, 0.5) is 0 Å². The third kappa shape index (κ3) is 1.96. The van der Waals surface area contributed by atoms with Gasteiger partial charge in [-0.2, -0.15) is 0 Å². The van der Waals surface area contributed by atoms with E-state index in [2.05, 4.69) is 0 Å². The van der Waals surface area contributed by atoms with Gasteiger partial charge in [-0.15, -0.1) is 0 Å². The van der Waals surface area contributed by atoms with Crippen molar-refractivity contribution in [2.45, 2.75) is 4.90 Å². The summed E-state index contributed by atoms with van der Waals surface area (Å²) in [7, 11) is -4.15. The third-order valence-corrected chi connectivity index (χ3v) is 5.27. The minimum Gasteiger partial charge on any atom is -0.394 e. The number of sulfone groups is 1. The lowest BCUT2D eigenvalue weighted by Gasteiger charge is -2.18. The normalized spacial score (nSPS) is 14.9. The van der Waals surface area contributed by atoms with Crippen molar-refractivity contribution in [3.8, 4) is 0 Å². The van der Waals surface area contributed by atoms with Crippen molar-refractivity contribution in [3.63, 3.8) is 0 Å². The lowest BCUT2D eigenvalue weighted by Crippen LogP contribution is -2.30. The van der Waals surface area contributed by atoms with Gasteiger partial charge in [0.05, 0.1) is 4.90 Å². The molecule has 0 atom stereocenters. The number of Topliss-reactive ketones (excluding diaryl/α,β-unsaturated/α-hetero) is 2. The van der Waals surface area contributed by atoms with Crippen LogP contribution in [0.25, 0.3) is 0 Å². The first-order chi connectivity index (χ1) is 10.4. The average molecular weight is 313 g/mol. The molecule has 0 unspecified atom stereocenters. The summed E-state index contributed by atoms with van der Waals surface area (Å²) in [5, 5.41) is 0. The summed E-state index contributed by atoms with van der Waals surface area (Å²) >= 11 is 0. The number of rotatable bonds is 2. The zero-order valence-electron chi connectivity index (χ0n) is 11.3. The van der Waals surface area contributed by atoms with Crippen LogP contribution < -0.4 is 5.73 Å². The smallest absolute Gasteiger partial charge is 0.212 e. The van der Waals surface area contributed by atoms with E-state index in [1.54, 1.807) is 18.2 Å². The van der Waals surface area contributed by atoms with Gasteiger partial charge in [0, 0.05) is 11.1 Å². The van der Waals surface area contributed by atoms with Crippen molar-refractivity contribution in [2.75, 3.05) is 0 Å². The fourth-order valence-electron chi connectivity index (χ4n) is 2.36. The molecule has 0 fully saturated rings.